The van der Waals surface area contributed by atoms with Crippen molar-refractivity contribution in [3.8, 4) is 22.8 Å². The first-order valence-electron chi connectivity index (χ1n) is 10.7. The number of nitrogens with one attached hydrogen (secondary N) is 1. The number of aromatic nitrogens is 1. The van der Waals surface area contributed by atoms with Gasteiger partial charge in [-0.05, 0) is 31.0 Å². The van der Waals surface area contributed by atoms with Crippen LogP contribution in [0.3, 0.4) is 0 Å². The topological polar surface area (TPSA) is 82.8 Å². The van der Waals surface area contributed by atoms with E-state index < -0.39 is 0 Å². The van der Waals surface area contributed by atoms with Crippen molar-refractivity contribution in [1.82, 2.24) is 10.3 Å². The SMILES string of the molecule is COCCOc1ccc(C(C)NC(=O)CCCc2ncc(-c3ccccc3)o2)cc1OC. The molecular formula is C25H30N2O5. The largest absolute Gasteiger partial charge is 0.493 e. The molecule has 0 aliphatic carbocycles. The first-order chi connectivity index (χ1) is 15.6. The average molecular weight is 439 g/mol. The highest BCUT2D eigenvalue weighted by molar-refractivity contribution is 5.76. The number of hydrogen-bond donors (Lipinski definition) is 1. The number of ether oxygens (including phenoxy) is 3. The van der Waals surface area contributed by atoms with Crippen LogP contribution in [0.2, 0.25) is 0 Å². The smallest absolute Gasteiger partial charge is 0.220 e. The highest BCUT2D eigenvalue weighted by Crippen LogP contribution is 2.30. The van der Waals surface area contributed by atoms with E-state index in [1.54, 1.807) is 20.4 Å². The molecule has 3 rings (SSSR count). The third-order valence-corrected chi connectivity index (χ3v) is 5.02. The molecule has 1 N–H and O–H groups in total. The normalized spacial score (nSPS) is 11.7. The number of carbonyl (C=O) groups excluding carboxylic acids is 1. The molecule has 170 valence electrons. The fourth-order valence-corrected chi connectivity index (χ4v) is 3.27. The molecule has 0 saturated heterocycles. The summed E-state index contributed by atoms with van der Waals surface area (Å²) in [5.41, 5.74) is 1.93. The van der Waals surface area contributed by atoms with Crippen molar-refractivity contribution < 1.29 is 23.4 Å². The molecule has 0 aliphatic heterocycles. The molecule has 0 fully saturated rings. The molecule has 0 spiro atoms. The summed E-state index contributed by atoms with van der Waals surface area (Å²) >= 11 is 0. The van der Waals surface area contributed by atoms with Crippen LogP contribution < -0.4 is 14.8 Å². The quantitative estimate of drug-likeness (QED) is 0.417. The average Bonchev–Trinajstić information content (AvgIpc) is 3.29. The standard InChI is InChI=1S/C25H30N2O5/c1-18(20-12-13-21(22(16-20)30-3)31-15-14-29-2)27-24(28)10-7-11-25-26-17-23(32-25)19-8-5-4-6-9-19/h4-6,8-9,12-13,16-18H,7,10-11,14-15H2,1-3H3,(H,27,28). The number of oxazole rings is 1. The third-order valence-electron chi connectivity index (χ3n) is 5.02. The van der Waals surface area contributed by atoms with Crippen molar-refractivity contribution in [1.29, 1.82) is 0 Å². The molecule has 1 unspecified atom stereocenters. The zero-order chi connectivity index (χ0) is 22.8. The van der Waals surface area contributed by atoms with Crippen LogP contribution in [0.5, 0.6) is 11.5 Å². The molecule has 7 nitrogen and oxygen atoms in total. The molecular weight excluding hydrogens is 408 g/mol. The predicted octanol–water partition coefficient (Wildman–Crippen LogP) is 4.58. The van der Waals surface area contributed by atoms with E-state index in [4.69, 9.17) is 18.6 Å². The summed E-state index contributed by atoms with van der Waals surface area (Å²) in [4.78, 5) is 16.7. The van der Waals surface area contributed by atoms with Crippen LogP contribution >= 0.6 is 0 Å². The summed E-state index contributed by atoms with van der Waals surface area (Å²) in [5.74, 6) is 2.62. The van der Waals surface area contributed by atoms with Crippen LogP contribution in [-0.4, -0.2) is 38.3 Å². The van der Waals surface area contributed by atoms with Gasteiger partial charge in [0.1, 0.15) is 6.61 Å². The lowest BCUT2D eigenvalue weighted by atomic mass is 10.1. The molecule has 1 heterocycles. The van der Waals surface area contributed by atoms with Crippen molar-refractivity contribution in [3.05, 3.63) is 66.2 Å². The summed E-state index contributed by atoms with van der Waals surface area (Å²) in [7, 11) is 3.22. The van der Waals surface area contributed by atoms with Crippen LogP contribution in [0.15, 0.2) is 59.1 Å². The van der Waals surface area contributed by atoms with Gasteiger partial charge in [-0.2, -0.15) is 0 Å². The summed E-state index contributed by atoms with van der Waals surface area (Å²) < 4.78 is 21.9. The number of rotatable bonds is 12. The highest BCUT2D eigenvalue weighted by atomic mass is 16.5. The van der Waals surface area contributed by atoms with Gasteiger partial charge in [0.15, 0.2) is 23.1 Å². The van der Waals surface area contributed by atoms with Gasteiger partial charge in [-0.25, -0.2) is 4.98 Å². The number of methoxy groups -OCH3 is 2. The van der Waals surface area contributed by atoms with Gasteiger partial charge >= 0.3 is 0 Å². The number of nitrogens with zero attached hydrogens (tertiary/aromatic N) is 1. The Bertz CT molecular complexity index is 987. The van der Waals surface area contributed by atoms with Gasteiger partial charge in [-0.3, -0.25) is 4.79 Å². The summed E-state index contributed by atoms with van der Waals surface area (Å²) in [6.07, 6.45) is 3.38. The van der Waals surface area contributed by atoms with E-state index in [1.807, 2.05) is 55.5 Å². The summed E-state index contributed by atoms with van der Waals surface area (Å²) in [6.45, 7) is 2.88. The summed E-state index contributed by atoms with van der Waals surface area (Å²) in [5, 5.41) is 3.03. The van der Waals surface area contributed by atoms with Gasteiger partial charge in [0.25, 0.3) is 0 Å². The van der Waals surface area contributed by atoms with E-state index >= 15 is 0 Å². The van der Waals surface area contributed by atoms with Crippen molar-refractivity contribution in [3.63, 3.8) is 0 Å². The minimum absolute atomic E-state index is 0.0215. The Morgan fingerprint density at radius 2 is 1.91 bits per heavy atom. The zero-order valence-corrected chi connectivity index (χ0v) is 18.8. The molecule has 0 saturated carbocycles. The molecule has 0 radical (unpaired) electrons. The lowest BCUT2D eigenvalue weighted by Gasteiger charge is -2.17. The molecule has 32 heavy (non-hydrogen) atoms. The van der Waals surface area contributed by atoms with Gasteiger partial charge in [0.05, 0.1) is 26.0 Å². The Morgan fingerprint density at radius 3 is 2.66 bits per heavy atom. The molecule has 3 aromatic rings. The van der Waals surface area contributed by atoms with E-state index in [9.17, 15) is 4.79 Å². The van der Waals surface area contributed by atoms with Gasteiger partial charge < -0.3 is 23.9 Å². The monoisotopic (exact) mass is 438 g/mol. The maximum Gasteiger partial charge on any atom is 0.220 e. The Kier molecular flexibility index (Phi) is 8.69. The Labute approximate surface area is 188 Å². The van der Waals surface area contributed by atoms with E-state index in [1.165, 1.54) is 0 Å². The number of amides is 1. The minimum Gasteiger partial charge on any atom is -0.493 e. The predicted molar refractivity (Wildman–Crippen MR) is 122 cm³/mol. The van der Waals surface area contributed by atoms with Crippen molar-refractivity contribution in [2.45, 2.75) is 32.2 Å². The van der Waals surface area contributed by atoms with E-state index in [2.05, 4.69) is 10.3 Å². The maximum atomic E-state index is 12.4. The molecule has 2 aromatic carbocycles. The number of hydrogen-bond acceptors (Lipinski definition) is 6. The third kappa shape index (κ3) is 6.59. The molecule has 7 heteroatoms. The lowest BCUT2D eigenvalue weighted by molar-refractivity contribution is -0.121. The lowest BCUT2D eigenvalue weighted by Crippen LogP contribution is -2.26. The van der Waals surface area contributed by atoms with E-state index in [0.717, 1.165) is 16.9 Å². The minimum atomic E-state index is -0.157. The van der Waals surface area contributed by atoms with Crippen LogP contribution in [0.25, 0.3) is 11.3 Å². The van der Waals surface area contributed by atoms with Crippen LogP contribution in [0.1, 0.15) is 37.3 Å². The van der Waals surface area contributed by atoms with Crippen LogP contribution in [0.4, 0.5) is 0 Å². The molecule has 0 bridgehead atoms. The number of benzene rings is 2. The first-order valence-corrected chi connectivity index (χ1v) is 10.7. The fraction of sp³-hybridized carbons (Fsp3) is 0.360. The van der Waals surface area contributed by atoms with Gasteiger partial charge in [0.2, 0.25) is 5.91 Å². The second-order valence-electron chi connectivity index (χ2n) is 7.38. The molecule has 0 aliphatic rings. The van der Waals surface area contributed by atoms with Crippen molar-refractivity contribution in [2.24, 2.45) is 0 Å². The van der Waals surface area contributed by atoms with Gasteiger partial charge in [-0.1, -0.05) is 36.4 Å². The van der Waals surface area contributed by atoms with Crippen LogP contribution in [-0.2, 0) is 16.0 Å². The Hall–Kier alpha value is -3.32. The second kappa shape index (κ2) is 11.9. The number of carbonyl (C=O) groups is 1. The fourth-order valence-electron chi connectivity index (χ4n) is 3.27. The van der Waals surface area contributed by atoms with Crippen molar-refractivity contribution in [2.75, 3.05) is 27.4 Å². The number of aryl methyl sites for hydroxylation is 1. The first kappa shape index (κ1) is 23.3. The van der Waals surface area contributed by atoms with E-state index in [0.29, 0.717) is 49.9 Å². The molecule has 1 atom stereocenters. The highest BCUT2D eigenvalue weighted by Gasteiger charge is 2.14. The molecule has 1 aromatic heterocycles. The molecule has 1 amide bonds. The van der Waals surface area contributed by atoms with Crippen molar-refractivity contribution >= 4 is 5.91 Å². The zero-order valence-electron chi connectivity index (χ0n) is 18.8. The van der Waals surface area contributed by atoms with Gasteiger partial charge in [-0.15, -0.1) is 0 Å². The van der Waals surface area contributed by atoms with Gasteiger partial charge in [0, 0.05) is 25.5 Å². The van der Waals surface area contributed by atoms with Crippen LogP contribution in [0, 0.1) is 0 Å². The Balaban J connectivity index is 1.47. The Morgan fingerprint density at radius 1 is 1.09 bits per heavy atom. The maximum absolute atomic E-state index is 12.4. The summed E-state index contributed by atoms with van der Waals surface area (Å²) in [6, 6.07) is 15.3. The van der Waals surface area contributed by atoms with E-state index in [-0.39, 0.29) is 11.9 Å². The second-order valence-corrected chi connectivity index (χ2v) is 7.38.